The molecule has 0 N–H and O–H groups in total. The Morgan fingerprint density at radius 3 is 2.82 bits per heavy atom. The van der Waals surface area contributed by atoms with Crippen LogP contribution in [0.2, 0.25) is 0 Å². The van der Waals surface area contributed by atoms with Gasteiger partial charge in [0.25, 0.3) is 0 Å². The Balaban J connectivity index is 2.52. The molecule has 0 unspecified atom stereocenters. The minimum absolute atomic E-state index is 0.319. The number of rotatable bonds is 2. The van der Waals surface area contributed by atoms with Gasteiger partial charge in [-0.2, -0.15) is 0 Å². The Hall–Kier alpha value is -1.90. The quantitative estimate of drug-likeness (QED) is 0.743. The maximum Gasteiger partial charge on any atom is 0.339 e. The van der Waals surface area contributed by atoms with E-state index in [0.717, 1.165) is 16.5 Å². The van der Waals surface area contributed by atoms with E-state index < -0.39 is 0 Å². The fourth-order valence-electron chi connectivity index (χ4n) is 1.77. The summed E-state index contributed by atoms with van der Waals surface area (Å²) in [4.78, 5) is 15.9. The first-order valence-corrected chi connectivity index (χ1v) is 5.66. The number of esters is 1. The molecule has 0 aliphatic carbocycles. The molecule has 3 heteroatoms. The molecule has 1 aromatic heterocycles. The first kappa shape index (κ1) is 11.6. The average molecular weight is 229 g/mol. The van der Waals surface area contributed by atoms with Crippen LogP contribution in [0, 0.1) is 13.8 Å². The molecule has 0 saturated heterocycles. The summed E-state index contributed by atoms with van der Waals surface area (Å²) < 4.78 is 4.95. The van der Waals surface area contributed by atoms with Crippen molar-refractivity contribution in [1.29, 1.82) is 0 Å². The summed E-state index contributed by atoms with van der Waals surface area (Å²) in [5.41, 5.74) is 3.80. The number of hydrogen-bond donors (Lipinski definition) is 0. The van der Waals surface area contributed by atoms with E-state index in [1.807, 2.05) is 25.1 Å². The van der Waals surface area contributed by atoms with Crippen LogP contribution in [0.1, 0.15) is 28.4 Å². The predicted molar refractivity (Wildman–Crippen MR) is 67.2 cm³/mol. The second-order valence-electron chi connectivity index (χ2n) is 4.02. The van der Waals surface area contributed by atoms with Crippen LogP contribution in [-0.4, -0.2) is 17.6 Å². The van der Waals surface area contributed by atoms with Gasteiger partial charge in [-0.05, 0) is 38.0 Å². The van der Waals surface area contributed by atoms with Crippen molar-refractivity contribution < 1.29 is 9.53 Å². The van der Waals surface area contributed by atoms with Gasteiger partial charge in [-0.1, -0.05) is 12.1 Å². The molecule has 1 aromatic carbocycles. The van der Waals surface area contributed by atoms with Crippen molar-refractivity contribution in [2.24, 2.45) is 0 Å². The highest BCUT2D eigenvalue weighted by molar-refractivity contribution is 5.94. The molecule has 0 bridgehead atoms. The Labute approximate surface area is 100 Å². The van der Waals surface area contributed by atoms with Gasteiger partial charge in [-0.25, -0.2) is 4.79 Å². The zero-order valence-electron chi connectivity index (χ0n) is 10.3. The van der Waals surface area contributed by atoms with E-state index in [1.54, 1.807) is 13.1 Å². The molecule has 0 spiro atoms. The number of pyridine rings is 1. The van der Waals surface area contributed by atoms with Crippen molar-refractivity contribution >= 4 is 16.9 Å². The van der Waals surface area contributed by atoms with Gasteiger partial charge in [0, 0.05) is 11.6 Å². The second kappa shape index (κ2) is 4.53. The molecular formula is C14H15NO2. The minimum Gasteiger partial charge on any atom is -0.462 e. The maximum atomic E-state index is 11.6. The van der Waals surface area contributed by atoms with Crippen molar-refractivity contribution in [2.45, 2.75) is 20.8 Å². The summed E-state index contributed by atoms with van der Waals surface area (Å²) >= 11 is 0. The summed E-state index contributed by atoms with van der Waals surface area (Å²) in [7, 11) is 0. The zero-order valence-corrected chi connectivity index (χ0v) is 10.3. The smallest absolute Gasteiger partial charge is 0.339 e. The standard InChI is InChI=1S/C14H15NO2/c1-4-17-14(16)12-7-11-6-5-9(2)10(3)13(11)15-8-12/h5-8H,4H2,1-3H3. The van der Waals surface area contributed by atoms with Gasteiger partial charge in [0.2, 0.25) is 0 Å². The molecule has 0 radical (unpaired) electrons. The van der Waals surface area contributed by atoms with Gasteiger partial charge in [0.15, 0.2) is 0 Å². The minimum atomic E-state index is -0.319. The van der Waals surface area contributed by atoms with Crippen molar-refractivity contribution in [3.8, 4) is 0 Å². The van der Waals surface area contributed by atoms with Gasteiger partial charge in [0.05, 0.1) is 17.7 Å². The number of benzene rings is 1. The van der Waals surface area contributed by atoms with E-state index in [0.29, 0.717) is 12.2 Å². The monoisotopic (exact) mass is 229 g/mol. The Kier molecular flexibility index (Phi) is 3.09. The lowest BCUT2D eigenvalue weighted by atomic mass is 10.0. The zero-order chi connectivity index (χ0) is 12.4. The Bertz CT molecular complexity index is 576. The molecule has 0 atom stereocenters. The molecule has 3 nitrogen and oxygen atoms in total. The van der Waals surface area contributed by atoms with E-state index in [2.05, 4.69) is 11.9 Å². The van der Waals surface area contributed by atoms with Crippen LogP contribution in [0.4, 0.5) is 0 Å². The fourth-order valence-corrected chi connectivity index (χ4v) is 1.77. The summed E-state index contributed by atoms with van der Waals surface area (Å²) in [6, 6.07) is 5.84. The van der Waals surface area contributed by atoms with Gasteiger partial charge in [-0.15, -0.1) is 0 Å². The Morgan fingerprint density at radius 2 is 2.12 bits per heavy atom. The molecule has 17 heavy (non-hydrogen) atoms. The van der Waals surface area contributed by atoms with E-state index >= 15 is 0 Å². The van der Waals surface area contributed by atoms with Crippen LogP contribution in [-0.2, 0) is 4.74 Å². The van der Waals surface area contributed by atoms with Gasteiger partial charge in [0.1, 0.15) is 0 Å². The maximum absolute atomic E-state index is 11.6. The molecule has 0 amide bonds. The van der Waals surface area contributed by atoms with Gasteiger partial charge in [-0.3, -0.25) is 4.98 Å². The number of ether oxygens (including phenoxy) is 1. The highest BCUT2D eigenvalue weighted by Gasteiger charge is 2.09. The predicted octanol–water partition coefficient (Wildman–Crippen LogP) is 3.03. The third-order valence-electron chi connectivity index (χ3n) is 2.89. The highest BCUT2D eigenvalue weighted by Crippen LogP contribution is 2.20. The van der Waals surface area contributed by atoms with Gasteiger partial charge < -0.3 is 4.74 Å². The molecule has 88 valence electrons. The summed E-state index contributed by atoms with van der Waals surface area (Å²) in [6.07, 6.45) is 1.58. The fraction of sp³-hybridized carbons (Fsp3) is 0.286. The van der Waals surface area contributed by atoms with E-state index in [1.165, 1.54) is 5.56 Å². The molecule has 0 aliphatic rings. The van der Waals surface area contributed by atoms with Gasteiger partial charge >= 0.3 is 5.97 Å². The molecule has 1 heterocycles. The number of nitrogens with zero attached hydrogens (tertiary/aromatic N) is 1. The third-order valence-corrected chi connectivity index (χ3v) is 2.89. The van der Waals surface area contributed by atoms with Crippen molar-refractivity contribution in [3.05, 3.63) is 41.1 Å². The third kappa shape index (κ3) is 2.13. The van der Waals surface area contributed by atoms with Crippen molar-refractivity contribution in [1.82, 2.24) is 4.98 Å². The summed E-state index contributed by atoms with van der Waals surface area (Å²) in [6.45, 7) is 6.26. The lowest BCUT2D eigenvalue weighted by Crippen LogP contribution is -2.05. The topological polar surface area (TPSA) is 39.2 Å². The lowest BCUT2D eigenvalue weighted by molar-refractivity contribution is 0.0526. The molecule has 2 rings (SSSR count). The number of fused-ring (bicyclic) bond motifs is 1. The molecule has 0 aliphatic heterocycles. The van der Waals surface area contributed by atoms with E-state index in [4.69, 9.17) is 4.74 Å². The molecule has 2 aromatic rings. The normalized spacial score (nSPS) is 10.5. The number of hydrogen-bond acceptors (Lipinski definition) is 3. The van der Waals surface area contributed by atoms with Crippen LogP contribution in [0.25, 0.3) is 10.9 Å². The number of carbonyl (C=O) groups excluding carboxylic acids is 1. The molecular weight excluding hydrogens is 214 g/mol. The van der Waals surface area contributed by atoms with Crippen LogP contribution in [0.3, 0.4) is 0 Å². The van der Waals surface area contributed by atoms with E-state index in [9.17, 15) is 4.79 Å². The lowest BCUT2D eigenvalue weighted by Gasteiger charge is -2.06. The van der Waals surface area contributed by atoms with Crippen LogP contribution in [0.5, 0.6) is 0 Å². The summed E-state index contributed by atoms with van der Waals surface area (Å²) in [5.74, 6) is -0.319. The van der Waals surface area contributed by atoms with E-state index in [-0.39, 0.29) is 5.97 Å². The molecule has 0 saturated carbocycles. The second-order valence-corrected chi connectivity index (χ2v) is 4.02. The van der Waals surface area contributed by atoms with Crippen molar-refractivity contribution in [2.75, 3.05) is 6.61 Å². The average Bonchev–Trinajstić information content (AvgIpc) is 2.34. The number of aryl methyl sites for hydroxylation is 2. The summed E-state index contributed by atoms with van der Waals surface area (Å²) in [5, 5.41) is 0.971. The highest BCUT2D eigenvalue weighted by atomic mass is 16.5. The Morgan fingerprint density at radius 1 is 1.35 bits per heavy atom. The van der Waals surface area contributed by atoms with Crippen LogP contribution < -0.4 is 0 Å². The molecule has 0 fully saturated rings. The first-order valence-electron chi connectivity index (χ1n) is 5.66. The SMILES string of the molecule is CCOC(=O)c1cnc2c(C)c(C)ccc2c1. The largest absolute Gasteiger partial charge is 0.462 e. The van der Waals surface area contributed by atoms with Crippen LogP contribution >= 0.6 is 0 Å². The number of carbonyl (C=O) groups is 1. The van der Waals surface area contributed by atoms with Crippen molar-refractivity contribution in [3.63, 3.8) is 0 Å². The first-order chi connectivity index (χ1) is 8.13. The number of aromatic nitrogens is 1. The van der Waals surface area contributed by atoms with Crippen LogP contribution in [0.15, 0.2) is 24.4 Å².